The largest absolute Gasteiger partial charge is 0.479 e. The maximum absolute atomic E-state index is 5.84. The Bertz CT molecular complexity index is 355. The molecule has 1 aromatic heterocycles. The van der Waals surface area contributed by atoms with E-state index in [1.807, 2.05) is 0 Å². The number of alkyl halides is 3. The smallest absolute Gasteiger partial charge is 0.242 e. The molecular weight excluding hydrogens is 546 g/mol. The Labute approximate surface area is 127 Å². The molecule has 0 aliphatic heterocycles. The van der Waals surface area contributed by atoms with Gasteiger partial charge in [-0.05, 0) is 67.8 Å². The minimum atomic E-state index is -0.266. The quantitative estimate of drug-likeness (QED) is 0.349. The second-order valence-corrected chi connectivity index (χ2v) is 13.7. The first kappa shape index (κ1) is 13.2. The van der Waals surface area contributed by atoms with Gasteiger partial charge in [0.25, 0.3) is 0 Å². The normalized spacial score (nSPS) is 11.5. The van der Waals surface area contributed by atoms with Crippen LogP contribution in [0.5, 0.6) is 5.88 Å². The minimum absolute atomic E-state index is 0.223. The molecule has 0 saturated heterocycles. The first-order valence-corrected chi connectivity index (χ1v) is 6.92. The molecule has 0 aliphatic carbocycles. The van der Waals surface area contributed by atoms with Crippen molar-refractivity contribution >= 4 is 85.1 Å². The summed E-state index contributed by atoms with van der Waals surface area (Å²) in [5.74, 6) is 0.893. The van der Waals surface area contributed by atoms with Gasteiger partial charge in [0.15, 0.2) is 10.4 Å². The molecular formula is C6H5ClI3N3O. The molecule has 0 radical (unpaired) electrons. The van der Waals surface area contributed by atoms with Gasteiger partial charge in [0.05, 0.1) is 7.11 Å². The van der Waals surface area contributed by atoms with Crippen LogP contribution < -0.4 is 10.5 Å². The Morgan fingerprint density at radius 1 is 1.36 bits per heavy atom. The zero-order chi connectivity index (χ0) is 10.9. The first-order chi connectivity index (χ1) is 6.36. The van der Waals surface area contributed by atoms with Crippen LogP contribution in [-0.4, -0.2) is 17.1 Å². The Kier molecular flexibility index (Phi) is 4.72. The summed E-state index contributed by atoms with van der Waals surface area (Å²) in [6, 6.07) is 0. The van der Waals surface area contributed by atoms with E-state index in [4.69, 9.17) is 22.1 Å². The number of aromatic nitrogens is 2. The van der Waals surface area contributed by atoms with Gasteiger partial charge >= 0.3 is 0 Å². The van der Waals surface area contributed by atoms with Crippen LogP contribution in [0.15, 0.2) is 0 Å². The van der Waals surface area contributed by atoms with E-state index < -0.39 is 0 Å². The van der Waals surface area contributed by atoms with Crippen LogP contribution in [0.25, 0.3) is 0 Å². The van der Waals surface area contributed by atoms with Crippen LogP contribution in [0.3, 0.4) is 0 Å². The summed E-state index contributed by atoms with van der Waals surface area (Å²) >= 11 is 12.4. The summed E-state index contributed by atoms with van der Waals surface area (Å²) in [5, 5.41) is 0.223. The van der Waals surface area contributed by atoms with Crippen molar-refractivity contribution in [3.63, 3.8) is 0 Å². The fourth-order valence-electron chi connectivity index (χ4n) is 0.705. The van der Waals surface area contributed by atoms with Crippen LogP contribution >= 0.6 is 79.4 Å². The zero-order valence-electron chi connectivity index (χ0n) is 6.89. The van der Waals surface area contributed by atoms with E-state index in [-0.39, 0.29) is 10.3 Å². The standard InChI is InChI=1S/C6H5ClI3N3O/c1-14-4-2(11)3(7)12-5(13-4)6(8,9)10/h11H2,1H3. The van der Waals surface area contributed by atoms with Gasteiger partial charge in [-0.25, -0.2) is 4.98 Å². The summed E-state index contributed by atoms with van der Waals surface area (Å²) in [6.07, 6.45) is 0. The highest BCUT2D eigenvalue weighted by Gasteiger charge is 2.26. The number of ether oxygens (including phenoxy) is 1. The Balaban J connectivity index is 3.30. The van der Waals surface area contributed by atoms with Crippen molar-refractivity contribution in [3.05, 3.63) is 11.0 Å². The number of nitrogen functional groups attached to an aromatic ring is 1. The molecule has 1 aromatic rings. The second kappa shape index (κ2) is 4.99. The third-order valence-corrected chi connectivity index (χ3v) is 3.05. The Morgan fingerprint density at radius 2 is 1.93 bits per heavy atom. The number of rotatable bonds is 2. The van der Waals surface area contributed by atoms with Gasteiger partial charge in [-0.3, -0.25) is 0 Å². The van der Waals surface area contributed by atoms with Crippen molar-refractivity contribution in [1.82, 2.24) is 9.97 Å². The van der Waals surface area contributed by atoms with Crippen molar-refractivity contribution in [2.75, 3.05) is 12.8 Å². The van der Waals surface area contributed by atoms with E-state index in [2.05, 4.69) is 77.7 Å². The fraction of sp³-hybridized carbons (Fsp3) is 0.333. The lowest BCUT2D eigenvalue weighted by Gasteiger charge is -2.13. The molecule has 0 saturated carbocycles. The lowest BCUT2D eigenvalue weighted by molar-refractivity contribution is 0.398. The number of halogens is 4. The molecule has 4 nitrogen and oxygen atoms in total. The molecule has 8 heteroatoms. The monoisotopic (exact) mass is 551 g/mol. The molecule has 1 heterocycles. The van der Waals surface area contributed by atoms with E-state index in [9.17, 15) is 0 Å². The van der Waals surface area contributed by atoms with Crippen LogP contribution in [0.1, 0.15) is 5.82 Å². The van der Waals surface area contributed by atoms with Gasteiger partial charge in [-0.2, -0.15) is 4.98 Å². The van der Waals surface area contributed by atoms with E-state index in [1.54, 1.807) is 0 Å². The molecule has 14 heavy (non-hydrogen) atoms. The number of hydrogen-bond acceptors (Lipinski definition) is 4. The van der Waals surface area contributed by atoms with Gasteiger partial charge in [0, 0.05) is 0 Å². The molecule has 0 aliphatic rings. The van der Waals surface area contributed by atoms with Crippen molar-refractivity contribution in [2.24, 2.45) is 0 Å². The fourth-order valence-corrected chi connectivity index (χ4v) is 1.59. The van der Waals surface area contributed by atoms with Crippen LogP contribution in [-0.2, 0) is -0.565 Å². The minimum Gasteiger partial charge on any atom is -0.479 e. The summed E-state index contributed by atoms with van der Waals surface area (Å²) in [6.45, 7) is 0. The molecule has 0 amide bonds. The molecule has 78 valence electrons. The third kappa shape index (κ3) is 3.07. The molecule has 2 N–H and O–H groups in total. The molecule has 1 rings (SSSR count). The molecule has 0 bridgehead atoms. The molecule has 0 atom stereocenters. The lowest BCUT2D eigenvalue weighted by Crippen LogP contribution is -2.08. The number of nitrogens with two attached hydrogens (primary N) is 1. The van der Waals surface area contributed by atoms with Crippen LogP contribution in [0.4, 0.5) is 5.69 Å². The predicted molar refractivity (Wildman–Crippen MR) is 81.7 cm³/mol. The predicted octanol–water partition coefficient (Wildman–Crippen LogP) is 3.14. The first-order valence-electron chi connectivity index (χ1n) is 3.30. The van der Waals surface area contributed by atoms with Crippen LogP contribution in [0.2, 0.25) is 5.15 Å². The summed E-state index contributed by atoms with van der Waals surface area (Å²) in [5.41, 5.74) is 5.89. The summed E-state index contributed by atoms with van der Waals surface area (Å²) in [4.78, 5) is 8.24. The Hall–Kier alpha value is 1.16. The number of anilines is 1. The van der Waals surface area contributed by atoms with Crippen LogP contribution in [0, 0.1) is 0 Å². The highest BCUT2D eigenvalue weighted by atomic mass is 127. The van der Waals surface area contributed by atoms with Gasteiger partial charge in [-0.1, -0.05) is 11.6 Å². The molecule has 0 fully saturated rings. The van der Waals surface area contributed by atoms with Crippen molar-refractivity contribution in [2.45, 2.75) is -0.565 Å². The molecule has 0 spiro atoms. The van der Waals surface area contributed by atoms with Crippen molar-refractivity contribution < 1.29 is 4.74 Å². The number of hydrogen-bond donors (Lipinski definition) is 1. The maximum Gasteiger partial charge on any atom is 0.242 e. The van der Waals surface area contributed by atoms with E-state index in [0.717, 1.165) is 0 Å². The lowest BCUT2D eigenvalue weighted by atomic mass is 10.5. The van der Waals surface area contributed by atoms with Gasteiger partial charge in [0.1, 0.15) is 5.69 Å². The average Bonchev–Trinajstić information content (AvgIpc) is 2.07. The summed E-state index contributed by atoms with van der Waals surface area (Å²) < 4.78 is 4.73. The van der Waals surface area contributed by atoms with Gasteiger partial charge in [-0.15, -0.1) is 0 Å². The van der Waals surface area contributed by atoms with E-state index in [1.165, 1.54) is 7.11 Å². The molecule has 0 unspecified atom stereocenters. The zero-order valence-corrected chi connectivity index (χ0v) is 14.1. The summed E-state index contributed by atoms with van der Waals surface area (Å²) in [7, 11) is 1.49. The maximum atomic E-state index is 5.84. The number of methoxy groups -OCH3 is 1. The molecule has 0 aromatic carbocycles. The van der Waals surface area contributed by atoms with Crippen molar-refractivity contribution in [1.29, 1.82) is 0 Å². The van der Waals surface area contributed by atoms with Crippen molar-refractivity contribution in [3.8, 4) is 5.88 Å². The number of nitrogens with zero attached hydrogens (tertiary/aromatic N) is 2. The topological polar surface area (TPSA) is 61.0 Å². The highest BCUT2D eigenvalue weighted by Crippen LogP contribution is 2.45. The van der Waals surface area contributed by atoms with Gasteiger partial charge in [0.2, 0.25) is 5.88 Å². The highest BCUT2D eigenvalue weighted by molar-refractivity contribution is 14.3. The van der Waals surface area contributed by atoms with E-state index >= 15 is 0 Å². The Morgan fingerprint density at radius 3 is 2.36 bits per heavy atom. The average molecular weight is 551 g/mol. The van der Waals surface area contributed by atoms with Gasteiger partial charge < -0.3 is 10.5 Å². The van der Waals surface area contributed by atoms with E-state index in [0.29, 0.717) is 11.7 Å². The third-order valence-electron chi connectivity index (χ3n) is 1.31. The SMILES string of the molecule is COc1nc(C(I)(I)I)nc(Cl)c1N. The second-order valence-electron chi connectivity index (χ2n) is 2.26.